The van der Waals surface area contributed by atoms with Gasteiger partial charge in [0.1, 0.15) is 5.75 Å². The second-order valence-corrected chi connectivity index (χ2v) is 8.15. The first kappa shape index (κ1) is 21.3. The molecule has 164 valence electrons. The van der Waals surface area contributed by atoms with Crippen LogP contribution in [0.25, 0.3) is 0 Å². The minimum atomic E-state index is -0.00623. The van der Waals surface area contributed by atoms with Gasteiger partial charge in [-0.1, -0.05) is 29.8 Å². The van der Waals surface area contributed by atoms with Crippen molar-refractivity contribution < 1.29 is 9.53 Å². The summed E-state index contributed by atoms with van der Waals surface area (Å²) in [6.07, 6.45) is 1.84. The van der Waals surface area contributed by atoms with E-state index in [1.54, 1.807) is 11.9 Å². The fourth-order valence-electron chi connectivity index (χ4n) is 4.02. The molecule has 0 radical (unpaired) electrons. The largest absolute Gasteiger partial charge is 0.482 e. The van der Waals surface area contributed by atoms with Gasteiger partial charge in [0.2, 0.25) is 0 Å². The van der Waals surface area contributed by atoms with Crippen LogP contribution in [0.2, 0.25) is 5.02 Å². The number of aliphatic imine (C=N–C) groups is 1. The summed E-state index contributed by atoms with van der Waals surface area (Å²) >= 11 is 6.13. The van der Waals surface area contributed by atoms with Gasteiger partial charge in [0.25, 0.3) is 5.91 Å². The smallest absolute Gasteiger partial charge is 0.265 e. The average Bonchev–Trinajstić information content (AvgIpc) is 3.25. The van der Waals surface area contributed by atoms with E-state index in [0.29, 0.717) is 12.6 Å². The van der Waals surface area contributed by atoms with Crippen LogP contribution in [0.3, 0.4) is 0 Å². The minimum Gasteiger partial charge on any atom is -0.482 e. The van der Waals surface area contributed by atoms with Crippen LogP contribution < -0.4 is 25.2 Å². The highest BCUT2D eigenvalue weighted by molar-refractivity contribution is 6.30. The van der Waals surface area contributed by atoms with Gasteiger partial charge in [-0.15, -0.1) is 0 Å². The summed E-state index contributed by atoms with van der Waals surface area (Å²) in [6.45, 7) is 3.33. The number of rotatable bonds is 6. The van der Waals surface area contributed by atoms with Gasteiger partial charge < -0.3 is 25.2 Å². The summed E-state index contributed by atoms with van der Waals surface area (Å²) in [5, 5.41) is 7.63. The molecule has 0 aromatic heterocycles. The molecule has 1 saturated heterocycles. The standard InChI is InChI=1S/C23H28ClN5O2/c1-25-23(27-18-10-13-28(15-18)19-7-4-6-17(24)14-19)26-11-5-12-29-20-8-2-3-9-21(20)31-16-22(29)30/h2-4,6-9,14,18H,5,10-13,15-16H2,1H3,(H2,25,26,27). The van der Waals surface area contributed by atoms with E-state index in [1.165, 1.54) is 0 Å². The Morgan fingerprint density at radius 2 is 2.13 bits per heavy atom. The van der Waals surface area contributed by atoms with E-state index in [4.69, 9.17) is 16.3 Å². The number of hydrogen-bond donors (Lipinski definition) is 2. The van der Waals surface area contributed by atoms with Gasteiger partial charge in [0, 0.05) is 50.0 Å². The second kappa shape index (κ2) is 9.92. The van der Waals surface area contributed by atoms with Crippen LogP contribution in [-0.2, 0) is 4.79 Å². The number of guanidine groups is 1. The van der Waals surface area contributed by atoms with E-state index in [0.717, 1.165) is 60.6 Å². The molecule has 0 aliphatic carbocycles. The molecule has 1 unspecified atom stereocenters. The predicted octanol–water partition coefficient (Wildman–Crippen LogP) is 2.90. The lowest BCUT2D eigenvalue weighted by Crippen LogP contribution is -2.45. The molecular weight excluding hydrogens is 414 g/mol. The Balaban J connectivity index is 1.23. The van der Waals surface area contributed by atoms with Crippen molar-refractivity contribution in [2.24, 2.45) is 4.99 Å². The number of fused-ring (bicyclic) bond motifs is 1. The van der Waals surface area contributed by atoms with Gasteiger partial charge >= 0.3 is 0 Å². The van der Waals surface area contributed by atoms with Crippen molar-refractivity contribution >= 4 is 34.8 Å². The molecule has 0 bridgehead atoms. The quantitative estimate of drug-likeness (QED) is 0.410. The van der Waals surface area contributed by atoms with Gasteiger partial charge in [0.05, 0.1) is 5.69 Å². The van der Waals surface area contributed by atoms with E-state index < -0.39 is 0 Å². The van der Waals surface area contributed by atoms with Crippen LogP contribution in [0.1, 0.15) is 12.8 Å². The van der Waals surface area contributed by atoms with Crippen molar-refractivity contribution in [1.82, 2.24) is 10.6 Å². The lowest BCUT2D eigenvalue weighted by atomic mass is 10.2. The van der Waals surface area contributed by atoms with Gasteiger partial charge in [-0.05, 0) is 43.2 Å². The summed E-state index contributed by atoms with van der Waals surface area (Å²) in [7, 11) is 1.78. The number of carbonyl (C=O) groups is 1. The van der Waals surface area contributed by atoms with E-state index in [9.17, 15) is 4.79 Å². The number of benzene rings is 2. The summed E-state index contributed by atoms with van der Waals surface area (Å²) in [6, 6.07) is 15.9. The Labute approximate surface area is 188 Å². The number of ether oxygens (including phenoxy) is 1. The zero-order chi connectivity index (χ0) is 21.6. The monoisotopic (exact) mass is 441 g/mol. The molecule has 2 aromatic rings. The molecule has 7 nitrogen and oxygen atoms in total. The molecule has 1 atom stereocenters. The van der Waals surface area contributed by atoms with Crippen LogP contribution in [0.5, 0.6) is 5.75 Å². The van der Waals surface area contributed by atoms with Gasteiger partial charge in [-0.25, -0.2) is 0 Å². The van der Waals surface area contributed by atoms with E-state index in [1.807, 2.05) is 42.5 Å². The SMILES string of the molecule is CN=C(NCCCN1C(=O)COc2ccccc21)NC1CCN(c2cccc(Cl)c2)C1. The molecule has 4 rings (SSSR count). The molecular formula is C23H28ClN5O2. The zero-order valence-electron chi connectivity index (χ0n) is 17.7. The molecule has 1 amide bonds. The summed E-state index contributed by atoms with van der Waals surface area (Å²) in [4.78, 5) is 20.8. The first-order valence-corrected chi connectivity index (χ1v) is 11.0. The number of hydrogen-bond acceptors (Lipinski definition) is 4. The molecule has 1 fully saturated rings. The van der Waals surface area contributed by atoms with Crippen molar-refractivity contribution in [1.29, 1.82) is 0 Å². The van der Waals surface area contributed by atoms with Crippen LogP contribution in [0.4, 0.5) is 11.4 Å². The third kappa shape index (κ3) is 5.22. The van der Waals surface area contributed by atoms with Crippen molar-refractivity contribution in [3.05, 3.63) is 53.6 Å². The van der Waals surface area contributed by atoms with Crippen LogP contribution in [0.15, 0.2) is 53.5 Å². The number of nitrogens with one attached hydrogen (secondary N) is 2. The van der Waals surface area contributed by atoms with Crippen LogP contribution in [-0.4, -0.2) is 57.7 Å². The fourth-order valence-corrected chi connectivity index (χ4v) is 4.20. The van der Waals surface area contributed by atoms with E-state index in [-0.39, 0.29) is 12.5 Å². The second-order valence-electron chi connectivity index (χ2n) is 7.71. The highest BCUT2D eigenvalue weighted by Crippen LogP contribution is 2.31. The molecule has 2 heterocycles. The molecule has 2 N–H and O–H groups in total. The maximum atomic E-state index is 12.3. The first-order valence-electron chi connectivity index (χ1n) is 10.6. The van der Waals surface area contributed by atoms with E-state index >= 15 is 0 Å². The first-order chi connectivity index (χ1) is 15.1. The lowest BCUT2D eigenvalue weighted by molar-refractivity contribution is -0.121. The minimum absolute atomic E-state index is 0.00623. The molecule has 2 aliphatic heterocycles. The maximum Gasteiger partial charge on any atom is 0.265 e. The molecule has 8 heteroatoms. The van der Waals surface area contributed by atoms with Crippen LogP contribution in [0, 0.1) is 0 Å². The van der Waals surface area contributed by atoms with E-state index in [2.05, 4.69) is 26.6 Å². The highest BCUT2D eigenvalue weighted by Gasteiger charge is 2.25. The Kier molecular flexibility index (Phi) is 6.82. The number of carbonyl (C=O) groups excluding carboxylic acids is 1. The Morgan fingerprint density at radius 3 is 2.97 bits per heavy atom. The van der Waals surface area contributed by atoms with Gasteiger partial charge in [0.15, 0.2) is 12.6 Å². The summed E-state index contributed by atoms with van der Waals surface area (Å²) in [5.41, 5.74) is 1.99. The third-order valence-electron chi connectivity index (χ3n) is 5.59. The molecule has 0 saturated carbocycles. The van der Waals surface area contributed by atoms with Crippen LogP contribution >= 0.6 is 11.6 Å². The number of para-hydroxylation sites is 2. The zero-order valence-corrected chi connectivity index (χ0v) is 18.4. The lowest BCUT2D eigenvalue weighted by Gasteiger charge is -2.29. The normalized spacial score (nSPS) is 18.6. The Bertz CT molecular complexity index is 951. The number of anilines is 2. The Hall–Kier alpha value is -2.93. The van der Waals surface area contributed by atoms with Crippen molar-refractivity contribution in [2.45, 2.75) is 18.9 Å². The fraction of sp³-hybridized carbons (Fsp3) is 0.391. The van der Waals surface area contributed by atoms with Crippen molar-refractivity contribution in [3.8, 4) is 5.75 Å². The average molecular weight is 442 g/mol. The maximum absolute atomic E-state index is 12.3. The number of halogens is 1. The van der Waals surface area contributed by atoms with Gasteiger partial charge in [-0.3, -0.25) is 9.79 Å². The molecule has 31 heavy (non-hydrogen) atoms. The number of amides is 1. The third-order valence-corrected chi connectivity index (χ3v) is 5.82. The summed E-state index contributed by atoms with van der Waals surface area (Å²) < 4.78 is 5.50. The molecule has 2 aliphatic rings. The van der Waals surface area contributed by atoms with Crippen molar-refractivity contribution in [3.63, 3.8) is 0 Å². The van der Waals surface area contributed by atoms with Crippen molar-refractivity contribution in [2.75, 3.05) is 49.6 Å². The molecule has 2 aromatic carbocycles. The molecule has 0 spiro atoms. The number of nitrogens with zero attached hydrogens (tertiary/aromatic N) is 3. The topological polar surface area (TPSA) is 69.2 Å². The summed E-state index contributed by atoms with van der Waals surface area (Å²) in [5.74, 6) is 1.54. The van der Waals surface area contributed by atoms with Gasteiger partial charge in [-0.2, -0.15) is 0 Å². The predicted molar refractivity (Wildman–Crippen MR) is 125 cm³/mol. The highest BCUT2D eigenvalue weighted by atomic mass is 35.5. The Morgan fingerprint density at radius 1 is 1.26 bits per heavy atom.